The summed E-state index contributed by atoms with van der Waals surface area (Å²) in [6.45, 7) is 7.98. The van der Waals surface area contributed by atoms with Gasteiger partial charge in [-0.1, -0.05) is 20.3 Å². The van der Waals surface area contributed by atoms with Crippen molar-refractivity contribution in [2.24, 2.45) is 11.7 Å². The molecule has 0 aliphatic rings. The molecule has 1 aromatic rings. The minimum absolute atomic E-state index is 0.0171. The molecule has 0 saturated heterocycles. The van der Waals surface area contributed by atoms with Crippen molar-refractivity contribution in [3.63, 3.8) is 0 Å². The topological polar surface area (TPSA) is 101 Å². The van der Waals surface area contributed by atoms with Crippen LogP contribution in [0.15, 0.2) is 5.03 Å². The predicted octanol–water partition coefficient (Wildman–Crippen LogP) is 1.28. The average Bonchev–Trinajstić information content (AvgIpc) is 2.69. The lowest BCUT2D eigenvalue weighted by Crippen LogP contribution is -2.34. The van der Waals surface area contributed by atoms with Crippen molar-refractivity contribution in [1.82, 2.24) is 14.9 Å². The molecule has 7 heteroatoms. The molecule has 1 rings (SSSR count). The van der Waals surface area contributed by atoms with Gasteiger partial charge in [0, 0.05) is 23.8 Å². The minimum Gasteiger partial charge on any atom is -0.326 e. The highest BCUT2D eigenvalue weighted by molar-refractivity contribution is 7.89. The summed E-state index contributed by atoms with van der Waals surface area (Å²) in [7, 11) is -3.61. The molecule has 110 valence electrons. The first kappa shape index (κ1) is 16.1. The maximum atomic E-state index is 12.3. The fraction of sp³-hybridized carbons (Fsp3) is 0.750. The van der Waals surface area contributed by atoms with E-state index in [-0.39, 0.29) is 17.6 Å². The van der Waals surface area contributed by atoms with Gasteiger partial charge in [0.1, 0.15) is 0 Å². The molecule has 2 atom stereocenters. The molecular weight excluding hydrogens is 264 g/mol. The first-order valence-electron chi connectivity index (χ1n) is 6.58. The summed E-state index contributed by atoms with van der Waals surface area (Å²) in [5.74, 6) is 0.479. The van der Waals surface area contributed by atoms with E-state index in [4.69, 9.17) is 5.73 Å². The summed E-state index contributed by atoms with van der Waals surface area (Å²) in [5, 5.41) is 6.54. The summed E-state index contributed by atoms with van der Waals surface area (Å²) in [5.41, 5.74) is 6.81. The molecule has 6 nitrogen and oxygen atoms in total. The number of sulfonamides is 1. The smallest absolute Gasteiger partial charge is 0.260 e. The Balaban J connectivity index is 2.86. The van der Waals surface area contributed by atoms with Gasteiger partial charge in [-0.2, -0.15) is 5.10 Å². The third-order valence-electron chi connectivity index (χ3n) is 3.30. The van der Waals surface area contributed by atoms with Gasteiger partial charge in [0.25, 0.3) is 10.0 Å². The van der Waals surface area contributed by atoms with Crippen LogP contribution in [0.5, 0.6) is 0 Å². The Bertz CT molecular complexity index is 510. The molecule has 0 radical (unpaired) electrons. The van der Waals surface area contributed by atoms with Gasteiger partial charge < -0.3 is 5.73 Å². The lowest BCUT2D eigenvalue weighted by Gasteiger charge is -2.17. The summed E-state index contributed by atoms with van der Waals surface area (Å²) in [6.07, 6.45) is 1.83. The Morgan fingerprint density at radius 2 is 2.05 bits per heavy atom. The normalized spacial score (nSPS) is 15.4. The van der Waals surface area contributed by atoms with E-state index in [2.05, 4.69) is 28.8 Å². The van der Waals surface area contributed by atoms with Gasteiger partial charge in [0.15, 0.2) is 5.03 Å². The molecule has 0 bridgehead atoms. The van der Waals surface area contributed by atoms with Crippen LogP contribution in [-0.2, 0) is 16.6 Å². The predicted molar refractivity (Wildman–Crippen MR) is 75.1 cm³/mol. The zero-order chi connectivity index (χ0) is 14.6. The minimum atomic E-state index is -3.61. The molecule has 19 heavy (non-hydrogen) atoms. The third kappa shape index (κ3) is 4.02. The standard InChI is InChI=1S/C12H24N4O2S/c1-5-8(2)6-9(3)16-19(17,18)12-11(7-13)10(4)14-15-12/h8-9,16H,5-7,13H2,1-4H3,(H,14,15). The lowest BCUT2D eigenvalue weighted by molar-refractivity contribution is 0.445. The number of hydrogen-bond donors (Lipinski definition) is 3. The summed E-state index contributed by atoms with van der Waals surface area (Å²) in [6, 6.07) is -0.123. The SMILES string of the molecule is CCC(C)CC(C)NS(=O)(=O)c1n[nH]c(C)c1CN. The molecule has 4 N–H and O–H groups in total. The van der Waals surface area contributed by atoms with Gasteiger partial charge in [-0.25, -0.2) is 13.1 Å². The number of rotatable bonds is 7. The highest BCUT2D eigenvalue weighted by Gasteiger charge is 2.25. The summed E-state index contributed by atoms with van der Waals surface area (Å²) in [4.78, 5) is 0. The van der Waals surface area contributed by atoms with Gasteiger partial charge >= 0.3 is 0 Å². The average molecular weight is 288 g/mol. The van der Waals surface area contributed by atoms with E-state index in [9.17, 15) is 8.42 Å². The van der Waals surface area contributed by atoms with E-state index in [0.29, 0.717) is 17.2 Å². The fourth-order valence-corrected chi connectivity index (χ4v) is 3.50. The largest absolute Gasteiger partial charge is 0.326 e. The lowest BCUT2D eigenvalue weighted by atomic mass is 10.0. The second-order valence-electron chi connectivity index (χ2n) is 5.11. The Kier molecular flexibility index (Phi) is 5.51. The summed E-state index contributed by atoms with van der Waals surface area (Å²) >= 11 is 0. The Labute approximate surface area is 115 Å². The first-order chi connectivity index (χ1) is 8.81. The van der Waals surface area contributed by atoms with Crippen molar-refractivity contribution >= 4 is 10.0 Å². The Morgan fingerprint density at radius 3 is 2.58 bits per heavy atom. The molecular formula is C12H24N4O2S. The molecule has 0 spiro atoms. The van der Waals surface area contributed by atoms with Crippen LogP contribution in [0, 0.1) is 12.8 Å². The molecule has 0 amide bonds. The highest BCUT2D eigenvalue weighted by atomic mass is 32.2. The molecule has 0 saturated carbocycles. The number of nitrogens with zero attached hydrogens (tertiary/aromatic N) is 1. The number of hydrogen-bond acceptors (Lipinski definition) is 4. The molecule has 0 aliphatic heterocycles. The van der Waals surface area contributed by atoms with E-state index >= 15 is 0 Å². The zero-order valence-electron chi connectivity index (χ0n) is 12.0. The molecule has 1 heterocycles. The Morgan fingerprint density at radius 1 is 1.42 bits per heavy atom. The first-order valence-corrected chi connectivity index (χ1v) is 8.06. The number of aromatic nitrogens is 2. The molecule has 0 aliphatic carbocycles. The van der Waals surface area contributed by atoms with Crippen molar-refractivity contribution in [3.8, 4) is 0 Å². The molecule has 0 aromatic carbocycles. The fourth-order valence-electron chi connectivity index (χ4n) is 2.03. The van der Waals surface area contributed by atoms with Crippen LogP contribution in [0.1, 0.15) is 44.9 Å². The second kappa shape index (κ2) is 6.49. The van der Waals surface area contributed by atoms with E-state index in [0.717, 1.165) is 12.8 Å². The number of aromatic amines is 1. The quantitative estimate of drug-likeness (QED) is 0.703. The van der Waals surface area contributed by atoms with Crippen molar-refractivity contribution in [3.05, 3.63) is 11.3 Å². The highest BCUT2D eigenvalue weighted by Crippen LogP contribution is 2.17. The van der Waals surface area contributed by atoms with E-state index < -0.39 is 10.0 Å². The van der Waals surface area contributed by atoms with Crippen molar-refractivity contribution in [2.45, 2.75) is 58.1 Å². The van der Waals surface area contributed by atoms with Gasteiger partial charge in [0.05, 0.1) is 0 Å². The van der Waals surface area contributed by atoms with Crippen LogP contribution in [0.4, 0.5) is 0 Å². The van der Waals surface area contributed by atoms with Crippen LogP contribution >= 0.6 is 0 Å². The zero-order valence-corrected chi connectivity index (χ0v) is 12.8. The van der Waals surface area contributed by atoms with Crippen molar-refractivity contribution < 1.29 is 8.42 Å². The second-order valence-corrected chi connectivity index (χ2v) is 6.74. The van der Waals surface area contributed by atoms with Gasteiger partial charge in [0.2, 0.25) is 0 Å². The van der Waals surface area contributed by atoms with Gasteiger partial charge in [-0.05, 0) is 26.2 Å². The molecule has 1 aromatic heterocycles. The summed E-state index contributed by atoms with van der Waals surface area (Å²) < 4.78 is 27.2. The number of H-pyrrole nitrogens is 1. The van der Waals surface area contributed by atoms with Crippen molar-refractivity contribution in [1.29, 1.82) is 0 Å². The van der Waals surface area contributed by atoms with Gasteiger partial charge in [-0.3, -0.25) is 5.10 Å². The van der Waals surface area contributed by atoms with Crippen molar-refractivity contribution in [2.75, 3.05) is 0 Å². The van der Waals surface area contributed by atoms with E-state index in [1.807, 2.05) is 6.92 Å². The van der Waals surface area contributed by atoms with Gasteiger partial charge in [-0.15, -0.1) is 0 Å². The number of nitrogens with two attached hydrogens (primary N) is 1. The van der Waals surface area contributed by atoms with E-state index in [1.54, 1.807) is 6.92 Å². The van der Waals surface area contributed by atoms with E-state index in [1.165, 1.54) is 0 Å². The third-order valence-corrected chi connectivity index (χ3v) is 4.86. The number of nitrogens with one attached hydrogen (secondary N) is 2. The Hall–Kier alpha value is -0.920. The monoisotopic (exact) mass is 288 g/mol. The molecule has 2 unspecified atom stereocenters. The maximum Gasteiger partial charge on any atom is 0.260 e. The van der Waals surface area contributed by atoms with Crippen LogP contribution in [0.3, 0.4) is 0 Å². The van der Waals surface area contributed by atoms with Crippen LogP contribution in [0.2, 0.25) is 0 Å². The number of aryl methyl sites for hydroxylation is 1. The molecule has 0 fully saturated rings. The van der Waals surface area contributed by atoms with Crippen LogP contribution < -0.4 is 10.5 Å². The maximum absolute atomic E-state index is 12.3. The van der Waals surface area contributed by atoms with Crippen LogP contribution in [-0.4, -0.2) is 24.7 Å². The van der Waals surface area contributed by atoms with Crippen LogP contribution in [0.25, 0.3) is 0 Å².